The van der Waals surface area contributed by atoms with Gasteiger partial charge in [-0.05, 0) is 44.0 Å². The summed E-state index contributed by atoms with van der Waals surface area (Å²) in [5.41, 5.74) is 4.46. The second kappa shape index (κ2) is 5.08. The molecule has 1 N–H and O–H groups in total. The number of rotatable bonds is 3. The van der Waals surface area contributed by atoms with E-state index in [1.54, 1.807) is 0 Å². The molecule has 2 rings (SSSR count). The van der Waals surface area contributed by atoms with Crippen LogP contribution in [0.3, 0.4) is 0 Å². The quantitative estimate of drug-likeness (QED) is 0.882. The zero-order valence-corrected chi connectivity index (χ0v) is 11.0. The van der Waals surface area contributed by atoms with E-state index in [1.165, 1.54) is 11.1 Å². The van der Waals surface area contributed by atoms with E-state index in [0.717, 1.165) is 11.4 Å². The Bertz CT molecular complexity index is 555. The summed E-state index contributed by atoms with van der Waals surface area (Å²) < 4.78 is 1.99. The Hall–Kier alpha value is -2.03. The summed E-state index contributed by atoms with van der Waals surface area (Å²) in [7, 11) is 0. The molecule has 1 heterocycles. The first-order valence-electron chi connectivity index (χ1n) is 6.06. The van der Waals surface area contributed by atoms with E-state index >= 15 is 0 Å². The number of anilines is 1. The van der Waals surface area contributed by atoms with Gasteiger partial charge in [0, 0.05) is 17.6 Å². The predicted molar refractivity (Wildman–Crippen MR) is 73.7 cm³/mol. The van der Waals surface area contributed by atoms with Crippen LogP contribution in [0.4, 0.5) is 5.69 Å². The standard InChI is InChI=1S/C15H18N2O/c1-11-9-17(13(3)12(11)2)10-15(18)16-14-7-5-4-6-8-14/h4-9H,10H2,1-3H3,(H,16,18). The van der Waals surface area contributed by atoms with Gasteiger partial charge in [-0.1, -0.05) is 18.2 Å². The lowest BCUT2D eigenvalue weighted by Gasteiger charge is -2.08. The van der Waals surface area contributed by atoms with Crippen LogP contribution < -0.4 is 5.32 Å². The molecule has 0 saturated carbocycles. The van der Waals surface area contributed by atoms with Crippen molar-refractivity contribution in [2.45, 2.75) is 27.3 Å². The summed E-state index contributed by atoms with van der Waals surface area (Å²) in [6, 6.07) is 9.52. The molecule has 0 bridgehead atoms. The highest BCUT2D eigenvalue weighted by atomic mass is 16.1. The molecule has 3 nitrogen and oxygen atoms in total. The zero-order chi connectivity index (χ0) is 13.1. The van der Waals surface area contributed by atoms with E-state index in [0.29, 0.717) is 6.54 Å². The van der Waals surface area contributed by atoms with Gasteiger partial charge in [0.2, 0.25) is 5.91 Å². The van der Waals surface area contributed by atoms with Crippen molar-refractivity contribution in [2.75, 3.05) is 5.32 Å². The van der Waals surface area contributed by atoms with Crippen LogP contribution >= 0.6 is 0 Å². The first kappa shape index (κ1) is 12.4. The average molecular weight is 242 g/mol. The number of aromatic nitrogens is 1. The van der Waals surface area contributed by atoms with Crippen molar-refractivity contribution >= 4 is 11.6 Å². The van der Waals surface area contributed by atoms with Crippen molar-refractivity contribution in [1.29, 1.82) is 0 Å². The molecular weight excluding hydrogens is 224 g/mol. The van der Waals surface area contributed by atoms with Crippen LogP contribution in [-0.4, -0.2) is 10.5 Å². The molecule has 0 unspecified atom stereocenters. The SMILES string of the molecule is Cc1cn(CC(=O)Nc2ccccc2)c(C)c1C. The number of nitrogens with zero attached hydrogens (tertiary/aromatic N) is 1. The van der Waals surface area contributed by atoms with Crippen molar-refractivity contribution in [1.82, 2.24) is 4.57 Å². The third kappa shape index (κ3) is 2.62. The minimum atomic E-state index is -0.000648. The molecule has 1 amide bonds. The van der Waals surface area contributed by atoms with Gasteiger partial charge in [-0.2, -0.15) is 0 Å². The largest absolute Gasteiger partial charge is 0.342 e. The number of carbonyl (C=O) groups excluding carboxylic acids is 1. The minimum Gasteiger partial charge on any atom is -0.342 e. The molecule has 0 atom stereocenters. The highest BCUT2D eigenvalue weighted by Crippen LogP contribution is 2.14. The maximum atomic E-state index is 11.9. The Morgan fingerprint density at radius 2 is 1.83 bits per heavy atom. The van der Waals surface area contributed by atoms with Crippen LogP contribution in [0.5, 0.6) is 0 Å². The summed E-state index contributed by atoms with van der Waals surface area (Å²) in [6.07, 6.45) is 2.02. The van der Waals surface area contributed by atoms with E-state index in [1.807, 2.05) is 48.0 Å². The monoisotopic (exact) mass is 242 g/mol. The van der Waals surface area contributed by atoms with Crippen molar-refractivity contribution in [3.05, 3.63) is 53.3 Å². The average Bonchev–Trinajstić information content (AvgIpc) is 2.58. The molecule has 94 valence electrons. The Morgan fingerprint density at radius 3 is 2.39 bits per heavy atom. The normalized spacial score (nSPS) is 10.4. The van der Waals surface area contributed by atoms with Gasteiger partial charge in [0.1, 0.15) is 6.54 Å². The molecule has 0 fully saturated rings. The number of hydrogen-bond acceptors (Lipinski definition) is 1. The fourth-order valence-electron chi connectivity index (χ4n) is 1.97. The fraction of sp³-hybridized carbons (Fsp3) is 0.267. The lowest BCUT2D eigenvalue weighted by molar-refractivity contribution is -0.116. The summed E-state index contributed by atoms with van der Waals surface area (Å²) in [5.74, 6) is -0.000648. The Morgan fingerprint density at radius 1 is 1.17 bits per heavy atom. The summed E-state index contributed by atoms with van der Waals surface area (Å²) in [6.45, 7) is 6.54. The maximum absolute atomic E-state index is 11.9. The molecule has 1 aromatic carbocycles. The van der Waals surface area contributed by atoms with Crippen LogP contribution in [0.15, 0.2) is 36.5 Å². The summed E-state index contributed by atoms with van der Waals surface area (Å²) in [4.78, 5) is 11.9. The van der Waals surface area contributed by atoms with Crippen LogP contribution in [0, 0.1) is 20.8 Å². The van der Waals surface area contributed by atoms with E-state index < -0.39 is 0 Å². The molecule has 18 heavy (non-hydrogen) atoms. The van der Waals surface area contributed by atoms with Gasteiger partial charge in [-0.15, -0.1) is 0 Å². The number of carbonyl (C=O) groups is 1. The van der Waals surface area contributed by atoms with Gasteiger partial charge in [-0.25, -0.2) is 0 Å². The lowest BCUT2D eigenvalue weighted by atomic mass is 10.2. The molecule has 0 aliphatic heterocycles. The number of para-hydroxylation sites is 1. The molecule has 1 aromatic heterocycles. The van der Waals surface area contributed by atoms with Gasteiger partial charge in [-0.3, -0.25) is 4.79 Å². The van der Waals surface area contributed by atoms with E-state index in [2.05, 4.69) is 19.2 Å². The molecule has 0 aliphatic carbocycles. The Labute approximate surface area is 107 Å². The zero-order valence-electron chi connectivity index (χ0n) is 11.0. The highest BCUT2D eigenvalue weighted by Gasteiger charge is 2.09. The number of nitrogens with one attached hydrogen (secondary N) is 1. The van der Waals surface area contributed by atoms with E-state index in [4.69, 9.17) is 0 Å². The van der Waals surface area contributed by atoms with Crippen LogP contribution in [0.25, 0.3) is 0 Å². The minimum absolute atomic E-state index is 0.000648. The molecule has 3 heteroatoms. The van der Waals surface area contributed by atoms with Crippen molar-refractivity contribution in [2.24, 2.45) is 0 Å². The number of benzene rings is 1. The topological polar surface area (TPSA) is 34.0 Å². The molecule has 0 radical (unpaired) electrons. The maximum Gasteiger partial charge on any atom is 0.244 e. The smallest absolute Gasteiger partial charge is 0.244 e. The van der Waals surface area contributed by atoms with Gasteiger partial charge in [0.15, 0.2) is 0 Å². The Kier molecular flexibility index (Phi) is 3.51. The van der Waals surface area contributed by atoms with Crippen molar-refractivity contribution < 1.29 is 4.79 Å². The first-order valence-corrected chi connectivity index (χ1v) is 6.06. The van der Waals surface area contributed by atoms with Crippen molar-refractivity contribution in [3.63, 3.8) is 0 Å². The van der Waals surface area contributed by atoms with E-state index in [-0.39, 0.29) is 5.91 Å². The third-order valence-electron chi connectivity index (χ3n) is 3.29. The van der Waals surface area contributed by atoms with Gasteiger partial charge < -0.3 is 9.88 Å². The number of amides is 1. The predicted octanol–water partition coefficient (Wildman–Crippen LogP) is 3.05. The summed E-state index contributed by atoms with van der Waals surface area (Å²) in [5, 5.41) is 2.89. The van der Waals surface area contributed by atoms with Crippen LogP contribution in [0.2, 0.25) is 0 Å². The second-order valence-electron chi connectivity index (χ2n) is 4.56. The molecule has 0 spiro atoms. The number of hydrogen-bond donors (Lipinski definition) is 1. The lowest BCUT2D eigenvalue weighted by Crippen LogP contribution is -2.18. The van der Waals surface area contributed by atoms with Crippen LogP contribution in [-0.2, 0) is 11.3 Å². The molecular formula is C15H18N2O. The number of aryl methyl sites for hydroxylation is 1. The first-order chi connectivity index (χ1) is 8.58. The molecule has 2 aromatic rings. The molecule has 0 saturated heterocycles. The second-order valence-corrected chi connectivity index (χ2v) is 4.56. The van der Waals surface area contributed by atoms with Crippen molar-refractivity contribution in [3.8, 4) is 0 Å². The Balaban J connectivity index is 2.06. The van der Waals surface area contributed by atoms with Gasteiger partial charge in [0.25, 0.3) is 0 Å². The highest BCUT2D eigenvalue weighted by molar-refractivity contribution is 5.90. The van der Waals surface area contributed by atoms with Gasteiger partial charge >= 0.3 is 0 Å². The summed E-state index contributed by atoms with van der Waals surface area (Å²) >= 11 is 0. The van der Waals surface area contributed by atoms with Gasteiger partial charge in [0.05, 0.1) is 0 Å². The third-order valence-corrected chi connectivity index (χ3v) is 3.29. The van der Waals surface area contributed by atoms with E-state index in [9.17, 15) is 4.79 Å². The molecule has 0 aliphatic rings. The fourth-order valence-corrected chi connectivity index (χ4v) is 1.97. The van der Waals surface area contributed by atoms with Crippen LogP contribution in [0.1, 0.15) is 16.8 Å².